The third kappa shape index (κ3) is 2.23. The first-order chi connectivity index (χ1) is 7.06. The van der Waals surface area contributed by atoms with E-state index in [2.05, 4.69) is 37.8 Å². The SMILES string of the molecule is CC1Cc2[nH]c(CN(C)C)nc2C(C)C1. The fraction of sp³-hybridized carbons (Fsp3) is 0.750. The largest absolute Gasteiger partial charge is 0.345 e. The van der Waals surface area contributed by atoms with Crippen LogP contribution in [0.4, 0.5) is 0 Å². The van der Waals surface area contributed by atoms with Crippen molar-refractivity contribution in [1.82, 2.24) is 14.9 Å². The third-order valence-corrected chi connectivity index (χ3v) is 3.10. The first kappa shape index (κ1) is 10.7. The van der Waals surface area contributed by atoms with Crippen molar-refractivity contribution < 1.29 is 0 Å². The molecule has 15 heavy (non-hydrogen) atoms. The van der Waals surface area contributed by atoms with E-state index in [4.69, 9.17) is 4.98 Å². The van der Waals surface area contributed by atoms with E-state index in [9.17, 15) is 0 Å². The summed E-state index contributed by atoms with van der Waals surface area (Å²) in [5.74, 6) is 2.53. The molecule has 1 heterocycles. The van der Waals surface area contributed by atoms with E-state index in [1.54, 1.807) is 0 Å². The fourth-order valence-corrected chi connectivity index (χ4v) is 2.56. The van der Waals surface area contributed by atoms with Crippen LogP contribution in [-0.2, 0) is 13.0 Å². The van der Waals surface area contributed by atoms with Crippen LogP contribution in [0.1, 0.15) is 43.4 Å². The Morgan fingerprint density at radius 2 is 2.13 bits per heavy atom. The molecule has 84 valence electrons. The molecule has 0 saturated heterocycles. The molecule has 1 aromatic rings. The number of hydrogen-bond donors (Lipinski definition) is 1. The molecule has 0 bridgehead atoms. The molecule has 0 aliphatic heterocycles. The summed E-state index contributed by atoms with van der Waals surface area (Å²) in [6.07, 6.45) is 2.44. The Bertz CT molecular complexity index is 341. The zero-order valence-corrected chi connectivity index (χ0v) is 10.2. The summed E-state index contributed by atoms with van der Waals surface area (Å²) in [6.45, 7) is 5.52. The van der Waals surface area contributed by atoms with Crippen LogP contribution >= 0.6 is 0 Å². The van der Waals surface area contributed by atoms with Crippen LogP contribution in [-0.4, -0.2) is 29.0 Å². The Kier molecular flexibility index (Phi) is 2.83. The second kappa shape index (κ2) is 3.97. The third-order valence-electron chi connectivity index (χ3n) is 3.10. The molecule has 2 rings (SSSR count). The van der Waals surface area contributed by atoms with Gasteiger partial charge in [0, 0.05) is 11.6 Å². The van der Waals surface area contributed by atoms with E-state index in [-0.39, 0.29) is 0 Å². The van der Waals surface area contributed by atoms with E-state index >= 15 is 0 Å². The standard InChI is InChI=1S/C12H21N3/c1-8-5-9(2)12-10(6-8)13-11(14-12)7-15(3)4/h8-9H,5-7H2,1-4H3,(H,13,14). The highest BCUT2D eigenvalue weighted by Gasteiger charge is 2.24. The Balaban J connectivity index is 2.23. The van der Waals surface area contributed by atoms with Gasteiger partial charge in [0.15, 0.2) is 0 Å². The van der Waals surface area contributed by atoms with Crippen molar-refractivity contribution in [2.24, 2.45) is 5.92 Å². The molecule has 0 radical (unpaired) electrons. The predicted molar refractivity (Wildman–Crippen MR) is 61.9 cm³/mol. The molecule has 1 N–H and O–H groups in total. The van der Waals surface area contributed by atoms with Gasteiger partial charge in [0.2, 0.25) is 0 Å². The maximum absolute atomic E-state index is 4.71. The summed E-state index contributed by atoms with van der Waals surface area (Å²) in [5.41, 5.74) is 2.68. The van der Waals surface area contributed by atoms with Crippen molar-refractivity contribution in [2.75, 3.05) is 14.1 Å². The molecule has 3 heteroatoms. The molecule has 0 spiro atoms. The van der Waals surface area contributed by atoms with E-state index in [0.717, 1.165) is 18.3 Å². The first-order valence-electron chi connectivity index (χ1n) is 5.78. The summed E-state index contributed by atoms with van der Waals surface area (Å²) in [6, 6.07) is 0. The number of imidazole rings is 1. The van der Waals surface area contributed by atoms with Crippen LogP contribution in [0, 0.1) is 5.92 Å². The van der Waals surface area contributed by atoms with E-state index in [0.29, 0.717) is 5.92 Å². The molecule has 2 unspecified atom stereocenters. The zero-order valence-electron chi connectivity index (χ0n) is 10.2. The lowest BCUT2D eigenvalue weighted by Crippen LogP contribution is -2.14. The van der Waals surface area contributed by atoms with Crippen molar-refractivity contribution in [3.05, 3.63) is 17.2 Å². The van der Waals surface area contributed by atoms with Gasteiger partial charge in [-0.1, -0.05) is 13.8 Å². The summed E-state index contributed by atoms with van der Waals surface area (Å²) in [4.78, 5) is 10.3. The Morgan fingerprint density at radius 1 is 1.40 bits per heavy atom. The number of nitrogens with one attached hydrogen (secondary N) is 1. The maximum atomic E-state index is 4.71. The normalized spacial score (nSPS) is 25.7. The average Bonchev–Trinajstić information content (AvgIpc) is 2.45. The smallest absolute Gasteiger partial charge is 0.120 e. The van der Waals surface area contributed by atoms with Crippen molar-refractivity contribution in [1.29, 1.82) is 0 Å². The number of H-pyrrole nitrogens is 1. The molecule has 1 aromatic heterocycles. The zero-order chi connectivity index (χ0) is 11.0. The minimum atomic E-state index is 0.621. The van der Waals surface area contributed by atoms with Crippen molar-refractivity contribution in [3.8, 4) is 0 Å². The van der Waals surface area contributed by atoms with Crippen LogP contribution in [0.5, 0.6) is 0 Å². The van der Waals surface area contributed by atoms with E-state index < -0.39 is 0 Å². The van der Waals surface area contributed by atoms with Gasteiger partial charge in [-0.15, -0.1) is 0 Å². The van der Waals surface area contributed by atoms with Gasteiger partial charge in [0.25, 0.3) is 0 Å². The minimum Gasteiger partial charge on any atom is -0.345 e. The van der Waals surface area contributed by atoms with Crippen LogP contribution in [0.25, 0.3) is 0 Å². The highest BCUT2D eigenvalue weighted by molar-refractivity contribution is 5.22. The summed E-state index contributed by atoms with van der Waals surface area (Å²) < 4.78 is 0. The lowest BCUT2D eigenvalue weighted by atomic mass is 9.84. The number of rotatable bonds is 2. The predicted octanol–water partition coefficient (Wildman–Crippen LogP) is 2.16. The molecule has 1 aliphatic rings. The van der Waals surface area contributed by atoms with Crippen LogP contribution in [0.15, 0.2) is 0 Å². The van der Waals surface area contributed by atoms with Gasteiger partial charge in [-0.3, -0.25) is 0 Å². The van der Waals surface area contributed by atoms with Crippen molar-refractivity contribution in [3.63, 3.8) is 0 Å². The van der Waals surface area contributed by atoms with Crippen molar-refractivity contribution >= 4 is 0 Å². The summed E-state index contributed by atoms with van der Waals surface area (Å²) in [5, 5.41) is 0. The molecule has 0 saturated carbocycles. The van der Waals surface area contributed by atoms with Gasteiger partial charge in [0.05, 0.1) is 12.2 Å². The van der Waals surface area contributed by atoms with E-state index in [1.807, 2.05) is 0 Å². The quantitative estimate of drug-likeness (QED) is 0.806. The average molecular weight is 207 g/mol. The molecule has 3 nitrogen and oxygen atoms in total. The molecular weight excluding hydrogens is 186 g/mol. The van der Waals surface area contributed by atoms with Crippen LogP contribution in [0.3, 0.4) is 0 Å². The lowest BCUT2D eigenvalue weighted by molar-refractivity contribution is 0.391. The molecular formula is C12H21N3. The number of hydrogen-bond acceptors (Lipinski definition) is 2. The topological polar surface area (TPSA) is 31.9 Å². The van der Waals surface area contributed by atoms with Gasteiger partial charge in [-0.2, -0.15) is 0 Å². The molecule has 0 aromatic carbocycles. The highest BCUT2D eigenvalue weighted by Crippen LogP contribution is 2.32. The van der Waals surface area contributed by atoms with Crippen LogP contribution < -0.4 is 0 Å². The number of fused-ring (bicyclic) bond motifs is 1. The van der Waals surface area contributed by atoms with Crippen LogP contribution in [0.2, 0.25) is 0 Å². The first-order valence-corrected chi connectivity index (χ1v) is 5.78. The van der Waals surface area contributed by atoms with Gasteiger partial charge in [-0.25, -0.2) is 4.98 Å². The number of aromatic nitrogens is 2. The number of nitrogens with zero attached hydrogens (tertiary/aromatic N) is 2. The van der Waals surface area contributed by atoms with Gasteiger partial charge in [-0.05, 0) is 32.9 Å². The number of aromatic amines is 1. The monoisotopic (exact) mass is 207 g/mol. The molecule has 0 fully saturated rings. The Labute approximate surface area is 91.9 Å². The van der Waals surface area contributed by atoms with Gasteiger partial charge >= 0.3 is 0 Å². The second-order valence-electron chi connectivity index (χ2n) is 5.23. The summed E-state index contributed by atoms with van der Waals surface area (Å²) >= 11 is 0. The maximum Gasteiger partial charge on any atom is 0.120 e. The highest BCUT2D eigenvalue weighted by atomic mass is 15.1. The van der Waals surface area contributed by atoms with Crippen molar-refractivity contribution in [2.45, 2.75) is 39.2 Å². The molecule has 2 atom stereocenters. The molecule has 1 aliphatic carbocycles. The summed E-state index contributed by atoms with van der Waals surface area (Å²) in [7, 11) is 4.15. The second-order valence-corrected chi connectivity index (χ2v) is 5.23. The minimum absolute atomic E-state index is 0.621. The Hall–Kier alpha value is -0.830. The Morgan fingerprint density at radius 3 is 2.80 bits per heavy atom. The van der Waals surface area contributed by atoms with Gasteiger partial charge < -0.3 is 9.88 Å². The molecule has 0 amide bonds. The lowest BCUT2D eigenvalue weighted by Gasteiger charge is -2.22. The van der Waals surface area contributed by atoms with Gasteiger partial charge in [0.1, 0.15) is 5.82 Å². The fourth-order valence-electron chi connectivity index (χ4n) is 2.56. The van der Waals surface area contributed by atoms with E-state index in [1.165, 1.54) is 24.2 Å².